The number of carbonyl (C=O) groups is 1. The van der Waals surface area contributed by atoms with Gasteiger partial charge in [0.2, 0.25) is 0 Å². The van der Waals surface area contributed by atoms with E-state index in [1.54, 1.807) is 12.3 Å². The third kappa shape index (κ3) is 3.43. The number of rotatable bonds is 1. The fraction of sp³-hybridized carbons (Fsp3) is 0. The van der Waals surface area contributed by atoms with Crippen LogP contribution in [-0.2, 0) is 4.74 Å². The summed E-state index contributed by atoms with van der Waals surface area (Å²) in [5.41, 5.74) is 1.58. The second kappa shape index (κ2) is 6.17. The Labute approximate surface area is 135 Å². The van der Waals surface area contributed by atoms with Crippen LogP contribution in [0.3, 0.4) is 0 Å². The zero-order valence-corrected chi connectivity index (χ0v) is 11.8. The minimum Gasteiger partial charge on any atom is -0.497 e. The molecule has 1 aliphatic rings. The van der Waals surface area contributed by atoms with E-state index in [1.165, 1.54) is 6.20 Å². The standard InChI is InChI=1S/C10H8N2O3.K/c13-10(14)15-9-6-11-5-7-3-1-2-4-8(7)12-9;/h1-6,12H,(H,13,14);/q;+1/p-1. The van der Waals surface area contributed by atoms with Gasteiger partial charge in [-0.3, -0.25) is 4.99 Å². The molecular formula is C10H7KN2O3. The Morgan fingerprint density at radius 1 is 1.38 bits per heavy atom. The predicted octanol–water partition coefficient (Wildman–Crippen LogP) is -2.31. The van der Waals surface area contributed by atoms with E-state index in [1.807, 2.05) is 18.2 Å². The summed E-state index contributed by atoms with van der Waals surface area (Å²) in [4.78, 5) is 14.1. The Morgan fingerprint density at radius 2 is 2.12 bits per heavy atom. The SMILES string of the molecule is O=C([O-])OC1=CN=Cc2ccccc2N1.[K+]. The minimum atomic E-state index is -1.62. The fourth-order valence-electron chi connectivity index (χ4n) is 1.22. The molecule has 1 aromatic rings. The van der Waals surface area contributed by atoms with E-state index in [4.69, 9.17) is 0 Å². The molecule has 1 aromatic carbocycles. The van der Waals surface area contributed by atoms with Crippen molar-refractivity contribution in [2.24, 2.45) is 4.99 Å². The molecule has 6 heteroatoms. The molecule has 0 aromatic heterocycles. The number of carbonyl (C=O) groups excluding carboxylic acids is 1. The summed E-state index contributed by atoms with van der Waals surface area (Å²) in [6.45, 7) is 0. The van der Waals surface area contributed by atoms with Crippen molar-refractivity contribution in [3.63, 3.8) is 0 Å². The van der Waals surface area contributed by atoms with Gasteiger partial charge in [-0.05, 0) is 6.07 Å². The summed E-state index contributed by atoms with van der Waals surface area (Å²) >= 11 is 0. The first-order valence-corrected chi connectivity index (χ1v) is 4.24. The Hall–Kier alpha value is -0.664. The Bertz CT molecular complexity index is 457. The number of nitrogens with zero attached hydrogens (tertiary/aromatic N) is 1. The second-order valence-electron chi connectivity index (χ2n) is 2.84. The Kier molecular flexibility index (Phi) is 5.16. The van der Waals surface area contributed by atoms with Gasteiger partial charge >= 0.3 is 51.4 Å². The molecule has 16 heavy (non-hydrogen) atoms. The first-order valence-electron chi connectivity index (χ1n) is 4.24. The van der Waals surface area contributed by atoms with Gasteiger partial charge in [0.1, 0.15) is 5.88 Å². The van der Waals surface area contributed by atoms with Crippen molar-refractivity contribution in [2.75, 3.05) is 5.32 Å². The van der Waals surface area contributed by atoms with Crippen LogP contribution in [-0.4, -0.2) is 12.4 Å². The molecule has 0 saturated carbocycles. The van der Waals surface area contributed by atoms with Gasteiger partial charge in [0, 0.05) is 17.5 Å². The van der Waals surface area contributed by atoms with Gasteiger partial charge in [-0.15, -0.1) is 0 Å². The van der Waals surface area contributed by atoms with Gasteiger partial charge in [-0.2, -0.15) is 0 Å². The predicted molar refractivity (Wildman–Crippen MR) is 52.2 cm³/mol. The first kappa shape index (κ1) is 13.4. The van der Waals surface area contributed by atoms with Crippen LogP contribution in [0.2, 0.25) is 0 Å². The number of anilines is 1. The molecule has 0 amide bonds. The average molecular weight is 242 g/mol. The molecule has 0 unspecified atom stereocenters. The van der Waals surface area contributed by atoms with Gasteiger partial charge in [0.25, 0.3) is 6.16 Å². The maximum absolute atomic E-state index is 10.2. The normalized spacial score (nSPS) is 12.4. The number of benzene rings is 1. The van der Waals surface area contributed by atoms with E-state index >= 15 is 0 Å². The van der Waals surface area contributed by atoms with Crippen molar-refractivity contribution in [1.29, 1.82) is 0 Å². The van der Waals surface area contributed by atoms with Crippen LogP contribution in [0.25, 0.3) is 0 Å². The van der Waals surface area contributed by atoms with Crippen molar-refractivity contribution < 1.29 is 66.0 Å². The van der Waals surface area contributed by atoms with Crippen molar-refractivity contribution in [3.05, 3.63) is 41.9 Å². The summed E-state index contributed by atoms with van der Waals surface area (Å²) < 4.78 is 4.37. The van der Waals surface area contributed by atoms with Gasteiger partial charge < -0.3 is 20.0 Å². The third-order valence-electron chi connectivity index (χ3n) is 1.82. The number of ether oxygens (including phenoxy) is 1. The number of nitrogens with one attached hydrogen (secondary N) is 1. The van der Waals surface area contributed by atoms with Crippen LogP contribution >= 0.6 is 0 Å². The van der Waals surface area contributed by atoms with Crippen LogP contribution in [0, 0.1) is 0 Å². The van der Waals surface area contributed by atoms with Crippen molar-refractivity contribution in [2.45, 2.75) is 0 Å². The number of carboxylic acid groups (broad SMARTS) is 1. The van der Waals surface area contributed by atoms with E-state index in [-0.39, 0.29) is 57.3 Å². The zero-order valence-electron chi connectivity index (χ0n) is 8.64. The van der Waals surface area contributed by atoms with E-state index < -0.39 is 6.16 Å². The molecule has 5 nitrogen and oxygen atoms in total. The number of hydrogen-bond donors (Lipinski definition) is 1. The number of aliphatic imine (C=N–C) groups is 1. The van der Waals surface area contributed by atoms with E-state index in [0.29, 0.717) is 0 Å². The van der Waals surface area contributed by atoms with Crippen LogP contribution < -0.4 is 61.8 Å². The first-order chi connectivity index (χ1) is 7.25. The van der Waals surface area contributed by atoms with Crippen molar-refractivity contribution in [1.82, 2.24) is 0 Å². The van der Waals surface area contributed by atoms with Gasteiger partial charge in [-0.1, -0.05) is 18.2 Å². The van der Waals surface area contributed by atoms with Gasteiger partial charge in [0.15, 0.2) is 0 Å². The van der Waals surface area contributed by atoms with E-state index in [2.05, 4.69) is 15.0 Å². The Balaban J connectivity index is 0.00000128. The average Bonchev–Trinajstić information content (AvgIpc) is 2.38. The topological polar surface area (TPSA) is 73.8 Å². The number of fused-ring (bicyclic) bond motifs is 1. The van der Waals surface area contributed by atoms with Crippen LogP contribution in [0.1, 0.15) is 5.56 Å². The molecule has 0 spiro atoms. The molecule has 0 bridgehead atoms. The number of hydrogen-bond acceptors (Lipinski definition) is 5. The summed E-state index contributed by atoms with van der Waals surface area (Å²) in [6.07, 6.45) is 1.26. The maximum Gasteiger partial charge on any atom is 1.00 e. The van der Waals surface area contributed by atoms with Crippen LogP contribution in [0.15, 0.2) is 41.3 Å². The maximum atomic E-state index is 10.2. The molecule has 0 aliphatic carbocycles. The molecule has 1 heterocycles. The molecule has 0 atom stereocenters. The monoisotopic (exact) mass is 242 g/mol. The Morgan fingerprint density at radius 3 is 2.88 bits per heavy atom. The quantitative estimate of drug-likeness (QED) is 0.444. The van der Waals surface area contributed by atoms with Crippen molar-refractivity contribution in [3.8, 4) is 0 Å². The summed E-state index contributed by atoms with van der Waals surface area (Å²) in [6, 6.07) is 7.32. The zero-order chi connectivity index (χ0) is 10.7. The second-order valence-corrected chi connectivity index (χ2v) is 2.84. The largest absolute Gasteiger partial charge is 1.00 e. The van der Waals surface area contributed by atoms with Crippen LogP contribution in [0.4, 0.5) is 10.5 Å². The van der Waals surface area contributed by atoms with E-state index in [0.717, 1.165) is 11.3 Å². The van der Waals surface area contributed by atoms with E-state index in [9.17, 15) is 9.90 Å². The molecule has 1 N–H and O–H groups in total. The molecule has 1 aliphatic heterocycles. The molecular weight excluding hydrogens is 235 g/mol. The number of para-hydroxylation sites is 1. The molecule has 0 fully saturated rings. The smallest absolute Gasteiger partial charge is 0.497 e. The molecule has 2 rings (SSSR count). The van der Waals surface area contributed by atoms with Gasteiger partial charge in [-0.25, -0.2) is 0 Å². The third-order valence-corrected chi connectivity index (χ3v) is 1.82. The molecule has 0 saturated heterocycles. The fourth-order valence-corrected chi connectivity index (χ4v) is 1.22. The summed E-state index contributed by atoms with van der Waals surface area (Å²) in [5.74, 6) is 0.0243. The summed E-state index contributed by atoms with van der Waals surface area (Å²) in [5, 5.41) is 13.0. The van der Waals surface area contributed by atoms with Crippen molar-refractivity contribution >= 4 is 18.1 Å². The summed E-state index contributed by atoms with van der Waals surface area (Å²) in [7, 11) is 0. The molecule has 76 valence electrons. The molecule has 0 radical (unpaired) electrons. The van der Waals surface area contributed by atoms with Gasteiger partial charge in [0.05, 0.1) is 6.20 Å². The van der Waals surface area contributed by atoms with Crippen LogP contribution in [0.5, 0.6) is 0 Å². The minimum absolute atomic E-state index is 0.